The molecule has 0 aliphatic heterocycles. The minimum absolute atomic E-state index is 0.620. The summed E-state index contributed by atoms with van der Waals surface area (Å²) in [6, 6.07) is 10.1. The largest absolute Gasteiger partial charge is 0.398 e. The lowest BCUT2D eigenvalue weighted by Gasteiger charge is -2.04. The second-order valence-corrected chi connectivity index (χ2v) is 4.58. The van der Waals surface area contributed by atoms with E-state index in [9.17, 15) is 0 Å². The Morgan fingerprint density at radius 3 is 2.36 bits per heavy atom. The zero-order valence-electron chi connectivity index (χ0n) is 7.94. The smallest absolute Gasteiger partial charge is 0.336 e. The van der Waals surface area contributed by atoms with E-state index in [1.807, 2.05) is 18.2 Å². The van der Waals surface area contributed by atoms with Crippen LogP contribution in [0, 0.1) is 23.9 Å². The van der Waals surface area contributed by atoms with E-state index >= 15 is 0 Å². The summed E-state index contributed by atoms with van der Waals surface area (Å²) in [6.07, 6.45) is 11.3. The van der Waals surface area contributed by atoms with Crippen molar-refractivity contribution in [3.05, 3.63) is 35.9 Å². The van der Waals surface area contributed by atoms with Gasteiger partial charge in [0.15, 0.2) is 0 Å². The Balaban J connectivity index is 2.30. The number of rotatable bonds is 4. The van der Waals surface area contributed by atoms with Crippen LogP contribution in [0.1, 0.15) is 5.56 Å². The summed E-state index contributed by atoms with van der Waals surface area (Å²) < 4.78 is 5.41. The monoisotopic (exact) mass is 200 g/mol. The molecule has 14 heavy (non-hydrogen) atoms. The van der Waals surface area contributed by atoms with E-state index in [1.54, 1.807) is 0 Å². The second kappa shape index (κ2) is 6.04. The SMILES string of the molecule is C#C[SiH](C#C)OCCc1ccccc1. The number of hydrogen-bond donors (Lipinski definition) is 0. The third-order valence-electron chi connectivity index (χ3n) is 1.82. The highest BCUT2D eigenvalue weighted by atomic mass is 28.3. The molecule has 0 radical (unpaired) electrons. The van der Waals surface area contributed by atoms with E-state index in [4.69, 9.17) is 17.3 Å². The van der Waals surface area contributed by atoms with Crippen molar-refractivity contribution in [3.8, 4) is 23.9 Å². The van der Waals surface area contributed by atoms with Crippen molar-refractivity contribution in [2.24, 2.45) is 0 Å². The molecule has 0 fully saturated rings. The first-order valence-corrected chi connectivity index (χ1v) is 6.07. The maximum absolute atomic E-state index is 5.41. The van der Waals surface area contributed by atoms with Crippen molar-refractivity contribution in [1.82, 2.24) is 0 Å². The summed E-state index contributed by atoms with van der Waals surface area (Å²) >= 11 is 0. The Labute approximate surface area is 86.8 Å². The number of terminal acetylenes is 2. The maximum Gasteiger partial charge on any atom is 0.336 e. The van der Waals surface area contributed by atoms with Crippen LogP contribution >= 0.6 is 0 Å². The fourth-order valence-corrected chi connectivity index (χ4v) is 1.73. The predicted molar refractivity (Wildman–Crippen MR) is 60.9 cm³/mol. The van der Waals surface area contributed by atoms with Gasteiger partial charge < -0.3 is 4.43 Å². The van der Waals surface area contributed by atoms with Gasteiger partial charge in [0.1, 0.15) is 0 Å². The van der Waals surface area contributed by atoms with Crippen LogP contribution in [0.2, 0.25) is 0 Å². The van der Waals surface area contributed by atoms with E-state index in [2.05, 4.69) is 23.2 Å². The molecule has 2 heteroatoms. The lowest BCUT2D eigenvalue weighted by atomic mass is 10.2. The molecule has 1 rings (SSSR count). The van der Waals surface area contributed by atoms with Crippen LogP contribution in [0.4, 0.5) is 0 Å². The first-order valence-electron chi connectivity index (χ1n) is 4.44. The van der Waals surface area contributed by atoms with Gasteiger partial charge in [-0.15, -0.1) is 12.8 Å². The highest BCUT2D eigenvalue weighted by Gasteiger charge is 2.02. The van der Waals surface area contributed by atoms with Gasteiger partial charge >= 0.3 is 9.04 Å². The van der Waals surface area contributed by atoms with Crippen molar-refractivity contribution in [3.63, 3.8) is 0 Å². The molecule has 0 amide bonds. The maximum atomic E-state index is 5.41. The van der Waals surface area contributed by atoms with Gasteiger partial charge in [-0.1, -0.05) is 41.4 Å². The molecule has 0 saturated heterocycles. The third-order valence-corrected chi connectivity index (χ3v) is 3.00. The minimum Gasteiger partial charge on any atom is -0.398 e. The summed E-state index contributed by atoms with van der Waals surface area (Å²) in [5.74, 6) is 0. The Kier molecular flexibility index (Phi) is 4.58. The lowest BCUT2D eigenvalue weighted by Crippen LogP contribution is -2.15. The molecular weight excluding hydrogens is 188 g/mol. The van der Waals surface area contributed by atoms with E-state index < -0.39 is 9.04 Å². The normalized spacial score (nSPS) is 9.36. The lowest BCUT2D eigenvalue weighted by molar-refractivity contribution is 0.339. The molecule has 0 saturated carbocycles. The molecular formula is C12H12OSi. The average molecular weight is 200 g/mol. The first-order chi connectivity index (χ1) is 6.86. The van der Waals surface area contributed by atoms with Crippen LogP contribution in [0.15, 0.2) is 30.3 Å². The topological polar surface area (TPSA) is 9.23 Å². The second-order valence-electron chi connectivity index (χ2n) is 2.82. The van der Waals surface area contributed by atoms with Crippen molar-refractivity contribution >= 4 is 9.04 Å². The van der Waals surface area contributed by atoms with Crippen LogP contribution in [0.5, 0.6) is 0 Å². The van der Waals surface area contributed by atoms with Crippen molar-refractivity contribution in [2.45, 2.75) is 6.42 Å². The van der Waals surface area contributed by atoms with E-state index in [0.29, 0.717) is 6.61 Å². The molecule has 0 unspecified atom stereocenters. The van der Waals surface area contributed by atoms with E-state index in [-0.39, 0.29) is 0 Å². The fraction of sp³-hybridized carbons (Fsp3) is 0.167. The third kappa shape index (κ3) is 3.49. The van der Waals surface area contributed by atoms with E-state index in [1.165, 1.54) is 5.56 Å². The van der Waals surface area contributed by atoms with Crippen LogP contribution in [0.25, 0.3) is 0 Å². The predicted octanol–water partition coefficient (Wildman–Crippen LogP) is 1.31. The van der Waals surface area contributed by atoms with Gasteiger partial charge in [0.05, 0.1) is 0 Å². The fourth-order valence-electron chi connectivity index (χ4n) is 1.08. The average Bonchev–Trinajstić information content (AvgIpc) is 2.26. The molecule has 0 heterocycles. The molecule has 0 atom stereocenters. The van der Waals surface area contributed by atoms with Gasteiger partial charge in [0.25, 0.3) is 0 Å². The van der Waals surface area contributed by atoms with Crippen molar-refractivity contribution in [2.75, 3.05) is 6.61 Å². The molecule has 0 bridgehead atoms. The quantitative estimate of drug-likeness (QED) is 0.526. The van der Waals surface area contributed by atoms with Crippen molar-refractivity contribution < 1.29 is 4.43 Å². The molecule has 0 aromatic heterocycles. The van der Waals surface area contributed by atoms with Gasteiger partial charge in [0, 0.05) is 6.61 Å². The summed E-state index contributed by atoms with van der Waals surface area (Å²) in [5.41, 5.74) is 6.28. The molecule has 1 aromatic rings. The zero-order chi connectivity index (χ0) is 10.2. The Morgan fingerprint density at radius 2 is 1.79 bits per heavy atom. The number of benzene rings is 1. The highest BCUT2D eigenvalue weighted by molar-refractivity contribution is 6.69. The van der Waals surface area contributed by atoms with E-state index in [0.717, 1.165) is 6.42 Å². The molecule has 0 N–H and O–H groups in total. The van der Waals surface area contributed by atoms with Gasteiger partial charge in [0.2, 0.25) is 0 Å². The summed E-state index contributed by atoms with van der Waals surface area (Å²) in [5, 5.41) is 0. The van der Waals surface area contributed by atoms with Crippen LogP contribution in [-0.2, 0) is 10.8 Å². The molecule has 70 valence electrons. The van der Waals surface area contributed by atoms with Crippen LogP contribution < -0.4 is 0 Å². The van der Waals surface area contributed by atoms with Gasteiger partial charge in [-0.25, -0.2) is 0 Å². The molecule has 0 aliphatic carbocycles. The Hall–Kier alpha value is -1.48. The van der Waals surface area contributed by atoms with Gasteiger partial charge in [-0.3, -0.25) is 0 Å². The van der Waals surface area contributed by atoms with Gasteiger partial charge in [-0.2, -0.15) is 0 Å². The van der Waals surface area contributed by atoms with Crippen LogP contribution in [-0.4, -0.2) is 15.6 Å². The minimum atomic E-state index is -1.78. The molecule has 1 nitrogen and oxygen atoms in total. The highest BCUT2D eigenvalue weighted by Crippen LogP contribution is 1.99. The van der Waals surface area contributed by atoms with Gasteiger partial charge in [-0.05, 0) is 12.0 Å². The summed E-state index contributed by atoms with van der Waals surface area (Å²) in [7, 11) is -1.78. The standard InChI is InChI=1S/C12H12OSi/c1-3-14(4-2)13-11-10-12-8-6-5-7-9-12/h1-2,5-9,14H,10-11H2. The Morgan fingerprint density at radius 1 is 1.14 bits per heavy atom. The number of hydrogen-bond acceptors (Lipinski definition) is 1. The molecule has 1 aromatic carbocycles. The summed E-state index contributed by atoms with van der Waals surface area (Å²) in [6.45, 7) is 0.620. The summed E-state index contributed by atoms with van der Waals surface area (Å²) in [4.78, 5) is 0. The first kappa shape index (κ1) is 10.6. The Bertz CT molecular complexity index is 331. The van der Waals surface area contributed by atoms with Crippen LogP contribution in [0.3, 0.4) is 0 Å². The molecule has 0 aliphatic rings. The molecule has 0 spiro atoms. The zero-order valence-corrected chi connectivity index (χ0v) is 9.10. The van der Waals surface area contributed by atoms with Crippen molar-refractivity contribution in [1.29, 1.82) is 0 Å².